The molecule has 1 aromatic heterocycles. The molecule has 102 valence electrons. The molecule has 2 rings (SSSR count). The van der Waals surface area contributed by atoms with Crippen LogP contribution < -0.4 is 5.73 Å². The molecule has 0 spiro atoms. The molecule has 0 fully saturated rings. The van der Waals surface area contributed by atoms with Crippen LogP contribution in [0.25, 0.3) is 0 Å². The van der Waals surface area contributed by atoms with Crippen LogP contribution in [0.15, 0.2) is 33.3 Å². The van der Waals surface area contributed by atoms with Crippen molar-refractivity contribution in [2.24, 2.45) is 5.73 Å². The summed E-state index contributed by atoms with van der Waals surface area (Å²) >= 11 is 13.2. The summed E-state index contributed by atoms with van der Waals surface area (Å²) < 4.78 is 3.77. The van der Waals surface area contributed by atoms with Gasteiger partial charge in [0.05, 0.1) is 22.4 Å². The first-order valence-electron chi connectivity index (χ1n) is 5.96. The Morgan fingerprint density at radius 1 is 1.42 bits per heavy atom. The van der Waals surface area contributed by atoms with Gasteiger partial charge in [-0.1, -0.05) is 40.5 Å². The molecule has 3 nitrogen and oxygen atoms in total. The molecule has 6 heteroatoms. The normalized spacial score (nSPS) is 12.7. The van der Waals surface area contributed by atoms with Gasteiger partial charge < -0.3 is 5.73 Å². The molecule has 1 aromatic carbocycles. The molecule has 0 saturated heterocycles. The van der Waals surface area contributed by atoms with Gasteiger partial charge in [0.15, 0.2) is 0 Å². The molecule has 19 heavy (non-hydrogen) atoms. The smallest absolute Gasteiger partial charge is 0.0749 e. The zero-order chi connectivity index (χ0) is 14.0. The number of hydrogen-bond donors (Lipinski definition) is 1. The van der Waals surface area contributed by atoms with Crippen LogP contribution in [0.2, 0.25) is 5.02 Å². The molecule has 1 unspecified atom stereocenters. The van der Waals surface area contributed by atoms with Gasteiger partial charge >= 0.3 is 0 Å². The summed E-state index contributed by atoms with van der Waals surface area (Å²) in [6, 6.07) is 5.43. The molecule has 2 N–H and O–H groups in total. The quantitative estimate of drug-likeness (QED) is 0.810. The number of benzene rings is 1. The highest BCUT2D eigenvalue weighted by atomic mass is 79.9. The summed E-state index contributed by atoms with van der Waals surface area (Å²) in [7, 11) is 0. The Morgan fingerprint density at radius 3 is 2.79 bits per heavy atom. The van der Waals surface area contributed by atoms with Crippen LogP contribution in [0.1, 0.15) is 30.6 Å². The number of halogens is 3. The molecule has 1 heterocycles. The number of nitrogens with two attached hydrogens (primary N) is 1. The third kappa shape index (κ3) is 3.21. The standard InChI is InChI=1S/C13H14Br2ClN3/c1-2-5-19-13(10(15)7-18-19)12(17)9-4-3-8(14)6-11(9)16/h3-4,6-7,12H,2,5,17H2,1H3. The Morgan fingerprint density at radius 2 is 2.16 bits per heavy atom. The summed E-state index contributed by atoms with van der Waals surface area (Å²) in [5.41, 5.74) is 8.20. The number of nitrogens with zero attached hydrogens (tertiary/aromatic N) is 2. The van der Waals surface area contributed by atoms with Gasteiger partial charge in [-0.05, 0) is 40.0 Å². The van der Waals surface area contributed by atoms with Crippen LogP contribution in [0.4, 0.5) is 0 Å². The SMILES string of the molecule is CCCn1ncc(Br)c1C(N)c1ccc(Br)cc1Cl. The molecule has 0 aliphatic heterocycles. The van der Waals surface area contributed by atoms with Gasteiger partial charge in [-0.15, -0.1) is 0 Å². The van der Waals surface area contributed by atoms with Crippen LogP contribution >= 0.6 is 43.5 Å². The number of aromatic nitrogens is 2. The molecule has 0 saturated carbocycles. The Hall–Kier alpha value is -0.360. The fourth-order valence-electron chi connectivity index (χ4n) is 1.97. The van der Waals surface area contributed by atoms with E-state index in [1.165, 1.54) is 0 Å². The summed E-state index contributed by atoms with van der Waals surface area (Å²) in [6.07, 6.45) is 2.78. The van der Waals surface area contributed by atoms with E-state index >= 15 is 0 Å². The third-order valence-corrected chi connectivity index (χ3v) is 4.29. The van der Waals surface area contributed by atoms with Gasteiger partial charge in [-0.3, -0.25) is 4.68 Å². The van der Waals surface area contributed by atoms with Crippen molar-refractivity contribution in [2.75, 3.05) is 0 Å². The van der Waals surface area contributed by atoms with Crippen molar-refractivity contribution in [1.29, 1.82) is 0 Å². The van der Waals surface area contributed by atoms with Gasteiger partial charge in [0.2, 0.25) is 0 Å². The maximum absolute atomic E-state index is 6.35. The topological polar surface area (TPSA) is 43.8 Å². The molecule has 0 bridgehead atoms. The van der Waals surface area contributed by atoms with Gasteiger partial charge in [0, 0.05) is 16.0 Å². The molecule has 0 aliphatic carbocycles. The van der Waals surface area contributed by atoms with Gasteiger partial charge in [-0.25, -0.2) is 0 Å². The maximum Gasteiger partial charge on any atom is 0.0749 e. The van der Waals surface area contributed by atoms with Crippen molar-refractivity contribution in [3.8, 4) is 0 Å². The molecular weight excluding hydrogens is 393 g/mol. The van der Waals surface area contributed by atoms with Crippen LogP contribution in [0.3, 0.4) is 0 Å². The number of rotatable bonds is 4. The molecule has 1 atom stereocenters. The second kappa shape index (κ2) is 6.39. The van der Waals surface area contributed by atoms with E-state index in [0.717, 1.165) is 33.2 Å². The van der Waals surface area contributed by atoms with Crippen LogP contribution in [-0.2, 0) is 6.54 Å². The average Bonchev–Trinajstić information content (AvgIpc) is 2.70. The van der Waals surface area contributed by atoms with E-state index in [9.17, 15) is 0 Å². The largest absolute Gasteiger partial charge is 0.319 e. The van der Waals surface area contributed by atoms with E-state index < -0.39 is 0 Å². The molecule has 0 aliphatic rings. The lowest BCUT2D eigenvalue weighted by Crippen LogP contribution is -2.18. The first kappa shape index (κ1) is 15.0. The van der Waals surface area contributed by atoms with E-state index in [2.05, 4.69) is 43.9 Å². The minimum atomic E-state index is -0.302. The predicted molar refractivity (Wildman–Crippen MR) is 85.4 cm³/mol. The van der Waals surface area contributed by atoms with Crippen molar-refractivity contribution in [2.45, 2.75) is 25.9 Å². The summed E-state index contributed by atoms with van der Waals surface area (Å²) in [4.78, 5) is 0. The summed E-state index contributed by atoms with van der Waals surface area (Å²) in [6.45, 7) is 2.94. The van der Waals surface area contributed by atoms with E-state index in [-0.39, 0.29) is 6.04 Å². The van der Waals surface area contributed by atoms with Crippen LogP contribution in [-0.4, -0.2) is 9.78 Å². The minimum Gasteiger partial charge on any atom is -0.319 e. The van der Waals surface area contributed by atoms with Crippen molar-refractivity contribution in [1.82, 2.24) is 9.78 Å². The highest BCUT2D eigenvalue weighted by Crippen LogP contribution is 2.32. The third-order valence-electron chi connectivity index (χ3n) is 2.86. The van der Waals surface area contributed by atoms with Crippen molar-refractivity contribution >= 4 is 43.5 Å². The molecular formula is C13H14Br2ClN3. The highest BCUT2D eigenvalue weighted by Gasteiger charge is 2.20. The predicted octanol–water partition coefficient (Wildman–Crippen LogP) is 4.52. The van der Waals surface area contributed by atoms with E-state index in [0.29, 0.717) is 5.02 Å². The average molecular weight is 408 g/mol. The molecule has 0 radical (unpaired) electrons. The lowest BCUT2D eigenvalue weighted by atomic mass is 10.0. The Bertz CT molecular complexity index is 583. The Balaban J connectivity index is 2.43. The minimum absolute atomic E-state index is 0.302. The second-order valence-corrected chi connectivity index (χ2v) is 6.42. The number of hydrogen-bond acceptors (Lipinski definition) is 2. The lowest BCUT2D eigenvalue weighted by molar-refractivity contribution is 0.559. The van der Waals surface area contributed by atoms with Gasteiger partial charge in [0.25, 0.3) is 0 Å². The second-order valence-electron chi connectivity index (χ2n) is 4.24. The van der Waals surface area contributed by atoms with E-state index in [4.69, 9.17) is 17.3 Å². The zero-order valence-electron chi connectivity index (χ0n) is 10.4. The Labute approximate surface area is 134 Å². The van der Waals surface area contributed by atoms with Crippen LogP contribution in [0, 0.1) is 0 Å². The van der Waals surface area contributed by atoms with Crippen molar-refractivity contribution in [3.05, 3.63) is 49.6 Å². The zero-order valence-corrected chi connectivity index (χ0v) is 14.3. The van der Waals surface area contributed by atoms with Crippen LogP contribution in [0.5, 0.6) is 0 Å². The fraction of sp³-hybridized carbons (Fsp3) is 0.308. The van der Waals surface area contributed by atoms with Crippen molar-refractivity contribution < 1.29 is 0 Å². The summed E-state index contributed by atoms with van der Waals surface area (Å²) in [5.74, 6) is 0. The monoisotopic (exact) mass is 405 g/mol. The van der Waals surface area contributed by atoms with E-state index in [1.54, 1.807) is 6.20 Å². The number of aryl methyl sites for hydroxylation is 1. The summed E-state index contributed by atoms with van der Waals surface area (Å²) in [5, 5.41) is 4.99. The highest BCUT2D eigenvalue weighted by molar-refractivity contribution is 9.10. The Kier molecular flexibility index (Phi) is 5.06. The molecule has 2 aromatic rings. The first-order chi connectivity index (χ1) is 9.04. The maximum atomic E-state index is 6.35. The van der Waals surface area contributed by atoms with E-state index in [1.807, 2.05) is 22.9 Å². The first-order valence-corrected chi connectivity index (χ1v) is 7.92. The molecule has 0 amide bonds. The van der Waals surface area contributed by atoms with Crippen molar-refractivity contribution in [3.63, 3.8) is 0 Å². The fourth-order valence-corrected chi connectivity index (χ4v) is 3.31. The lowest BCUT2D eigenvalue weighted by Gasteiger charge is -2.16. The van der Waals surface area contributed by atoms with Gasteiger partial charge in [-0.2, -0.15) is 5.10 Å². The van der Waals surface area contributed by atoms with Gasteiger partial charge in [0.1, 0.15) is 0 Å².